The van der Waals surface area contributed by atoms with Crippen LogP contribution in [0.3, 0.4) is 0 Å². The number of morpholine rings is 1. The molecule has 4 aromatic rings. The minimum atomic E-state index is -4.51. The van der Waals surface area contributed by atoms with Crippen molar-refractivity contribution in [1.29, 1.82) is 0 Å². The standard InChI is InChI=1S/C38H42F3N7O4/c1-4-48(5-2)30-12-13-32(45-35(49)27-9-7-10-28(23-27)37(51)46(3)16-17-47-18-20-52-21-19-47)31(24-30)34-42-15-14-33(44-34)36(50)43-25-26-8-6-11-29(22-26)38(39,40)41/h6-15,22-24H,4-5,16-21,25H2,1-3H3,(H,43,50)(H,45,49). The van der Waals surface area contributed by atoms with Gasteiger partial charge in [0.1, 0.15) is 5.69 Å². The molecular weight excluding hydrogens is 675 g/mol. The predicted octanol–water partition coefficient (Wildman–Crippen LogP) is 5.60. The van der Waals surface area contributed by atoms with Crippen molar-refractivity contribution in [2.75, 3.05) is 69.7 Å². The molecule has 52 heavy (non-hydrogen) atoms. The zero-order chi connectivity index (χ0) is 37.3. The molecular formula is C38H42F3N7O4. The molecule has 1 aliphatic heterocycles. The number of hydrogen-bond donors (Lipinski definition) is 2. The molecule has 11 nitrogen and oxygen atoms in total. The lowest BCUT2D eigenvalue weighted by Gasteiger charge is -2.28. The van der Waals surface area contributed by atoms with E-state index in [4.69, 9.17) is 4.74 Å². The molecule has 14 heteroatoms. The smallest absolute Gasteiger partial charge is 0.379 e. The fourth-order valence-electron chi connectivity index (χ4n) is 5.78. The van der Waals surface area contributed by atoms with Crippen molar-refractivity contribution in [2.45, 2.75) is 26.6 Å². The molecule has 2 N–H and O–H groups in total. The molecule has 0 saturated carbocycles. The van der Waals surface area contributed by atoms with Crippen molar-refractivity contribution in [1.82, 2.24) is 25.1 Å². The molecule has 3 amide bonds. The van der Waals surface area contributed by atoms with E-state index in [0.717, 1.165) is 37.5 Å². The van der Waals surface area contributed by atoms with Crippen LogP contribution in [-0.4, -0.2) is 97.0 Å². The Morgan fingerprint density at radius 3 is 2.37 bits per heavy atom. The summed E-state index contributed by atoms with van der Waals surface area (Å²) in [5.41, 5.74) is 1.77. The van der Waals surface area contributed by atoms with Gasteiger partial charge >= 0.3 is 6.18 Å². The van der Waals surface area contributed by atoms with Crippen LogP contribution in [0.4, 0.5) is 24.5 Å². The highest BCUT2D eigenvalue weighted by atomic mass is 19.4. The second-order valence-electron chi connectivity index (χ2n) is 12.3. The van der Waals surface area contributed by atoms with Crippen LogP contribution in [-0.2, 0) is 17.5 Å². The number of aromatic nitrogens is 2. The normalized spacial score (nSPS) is 13.3. The lowest BCUT2D eigenvalue weighted by molar-refractivity contribution is -0.137. The van der Waals surface area contributed by atoms with Crippen LogP contribution in [0.5, 0.6) is 0 Å². The topological polar surface area (TPSA) is 120 Å². The van der Waals surface area contributed by atoms with Crippen molar-refractivity contribution in [3.8, 4) is 11.4 Å². The number of amides is 3. The van der Waals surface area contributed by atoms with Crippen molar-refractivity contribution in [3.05, 3.63) is 107 Å². The van der Waals surface area contributed by atoms with Gasteiger partial charge in [-0.05, 0) is 74.0 Å². The molecule has 0 unspecified atom stereocenters. The van der Waals surface area contributed by atoms with Gasteiger partial charge in [-0.25, -0.2) is 9.97 Å². The number of benzene rings is 3. The van der Waals surface area contributed by atoms with E-state index in [1.165, 1.54) is 24.4 Å². The first-order valence-electron chi connectivity index (χ1n) is 17.1. The van der Waals surface area contributed by atoms with Gasteiger partial charge in [0.05, 0.1) is 24.5 Å². The number of ether oxygens (including phenoxy) is 1. The zero-order valence-corrected chi connectivity index (χ0v) is 29.4. The summed E-state index contributed by atoms with van der Waals surface area (Å²) in [5, 5.41) is 5.55. The highest BCUT2D eigenvalue weighted by molar-refractivity contribution is 6.08. The SMILES string of the molecule is CCN(CC)c1ccc(NC(=O)c2cccc(C(=O)N(C)CCN3CCOCC3)c2)c(-c2nccc(C(=O)NCc3cccc(C(F)(F)F)c3)n2)c1. The lowest BCUT2D eigenvalue weighted by Crippen LogP contribution is -2.41. The van der Waals surface area contributed by atoms with E-state index in [1.54, 1.807) is 42.3 Å². The first-order valence-corrected chi connectivity index (χ1v) is 17.1. The summed E-state index contributed by atoms with van der Waals surface area (Å²) in [6.07, 6.45) is -3.10. The number of nitrogens with one attached hydrogen (secondary N) is 2. The summed E-state index contributed by atoms with van der Waals surface area (Å²) >= 11 is 0. The first-order chi connectivity index (χ1) is 25.0. The summed E-state index contributed by atoms with van der Waals surface area (Å²) in [7, 11) is 1.74. The summed E-state index contributed by atoms with van der Waals surface area (Å²) in [4.78, 5) is 54.9. The summed E-state index contributed by atoms with van der Waals surface area (Å²) < 4.78 is 44.9. The van der Waals surface area contributed by atoms with Gasteiger partial charge in [-0.2, -0.15) is 13.2 Å². The minimum Gasteiger partial charge on any atom is -0.379 e. The van der Waals surface area contributed by atoms with E-state index in [1.807, 2.05) is 26.0 Å². The molecule has 0 radical (unpaired) electrons. The fourth-order valence-corrected chi connectivity index (χ4v) is 5.78. The third-order valence-electron chi connectivity index (χ3n) is 8.79. The lowest BCUT2D eigenvalue weighted by atomic mass is 10.1. The maximum Gasteiger partial charge on any atom is 0.416 e. The Kier molecular flexibility index (Phi) is 12.6. The number of alkyl halides is 3. The molecule has 0 aliphatic carbocycles. The molecule has 5 rings (SSSR count). The van der Waals surface area contributed by atoms with Crippen LogP contribution >= 0.6 is 0 Å². The van der Waals surface area contributed by atoms with E-state index in [0.29, 0.717) is 49.7 Å². The van der Waals surface area contributed by atoms with Crippen LogP contribution in [0.1, 0.15) is 56.2 Å². The van der Waals surface area contributed by atoms with Gasteiger partial charge in [-0.3, -0.25) is 19.3 Å². The quantitative estimate of drug-likeness (QED) is 0.184. The third kappa shape index (κ3) is 9.70. The van der Waals surface area contributed by atoms with Crippen LogP contribution in [0.15, 0.2) is 79.0 Å². The Morgan fingerprint density at radius 1 is 0.904 bits per heavy atom. The third-order valence-corrected chi connectivity index (χ3v) is 8.79. The van der Waals surface area contributed by atoms with Crippen molar-refractivity contribution < 1.29 is 32.3 Å². The summed E-state index contributed by atoms with van der Waals surface area (Å²) in [6.45, 7) is 9.54. The Morgan fingerprint density at radius 2 is 1.63 bits per heavy atom. The Hall–Kier alpha value is -5.34. The van der Waals surface area contributed by atoms with Gasteiger partial charge in [-0.1, -0.05) is 18.2 Å². The molecule has 1 aliphatic rings. The van der Waals surface area contributed by atoms with Gasteiger partial charge in [0.2, 0.25) is 0 Å². The number of carbonyl (C=O) groups excluding carboxylic acids is 3. The second-order valence-corrected chi connectivity index (χ2v) is 12.3. The monoisotopic (exact) mass is 717 g/mol. The van der Waals surface area contributed by atoms with E-state index in [2.05, 4.69) is 30.4 Å². The molecule has 3 aromatic carbocycles. The molecule has 0 spiro atoms. The molecule has 0 atom stereocenters. The van der Waals surface area contributed by atoms with E-state index < -0.39 is 23.6 Å². The van der Waals surface area contributed by atoms with Crippen LogP contribution in [0.25, 0.3) is 11.4 Å². The molecule has 2 heterocycles. The van der Waals surface area contributed by atoms with Gasteiger partial charge in [-0.15, -0.1) is 0 Å². The largest absolute Gasteiger partial charge is 0.416 e. The van der Waals surface area contributed by atoms with Crippen LogP contribution < -0.4 is 15.5 Å². The van der Waals surface area contributed by atoms with E-state index in [9.17, 15) is 27.6 Å². The van der Waals surface area contributed by atoms with Crippen molar-refractivity contribution >= 4 is 29.1 Å². The number of halogens is 3. The van der Waals surface area contributed by atoms with E-state index in [-0.39, 0.29) is 35.1 Å². The molecule has 1 aromatic heterocycles. The Balaban J connectivity index is 1.35. The average molecular weight is 718 g/mol. The average Bonchev–Trinajstić information content (AvgIpc) is 3.17. The number of carbonyl (C=O) groups is 3. The first kappa shape index (κ1) is 37.9. The number of rotatable bonds is 13. The van der Waals surface area contributed by atoms with Crippen molar-refractivity contribution in [2.24, 2.45) is 0 Å². The highest BCUT2D eigenvalue weighted by Gasteiger charge is 2.30. The van der Waals surface area contributed by atoms with Crippen LogP contribution in [0.2, 0.25) is 0 Å². The van der Waals surface area contributed by atoms with Gasteiger partial charge in [0.25, 0.3) is 17.7 Å². The number of anilines is 2. The maximum absolute atomic E-state index is 13.6. The van der Waals surface area contributed by atoms with Crippen molar-refractivity contribution in [3.63, 3.8) is 0 Å². The fraction of sp³-hybridized carbons (Fsp3) is 0.342. The Labute approximate surface area is 300 Å². The van der Waals surface area contributed by atoms with Gasteiger partial charge in [0.15, 0.2) is 5.82 Å². The molecule has 1 fully saturated rings. The number of likely N-dealkylation sites (N-methyl/N-ethyl adjacent to an activating group) is 1. The molecule has 0 bridgehead atoms. The molecule has 274 valence electrons. The minimum absolute atomic E-state index is 0.00792. The Bertz CT molecular complexity index is 1880. The highest BCUT2D eigenvalue weighted by Crippen LogP contribution is 2.32. The number of hydrogen-bond acceptors (Lipinski definition) is 8. The maximum atomic E-state index is 13.6. The summed E-state index contributed by atoms with van der Waals surface area (Å²) in [5.74, 6) is -1.12. The van der Waals surface area contributed by atoms with Crippen LogP contribution in [0, 0.1) is 0 Å². The van der Waals surface area contributed by atoms with E-state index >= 15 is 0 Å². The predicted molar refractivity (Wildman–Crippen MR) is 192 cm³/mol. The zero-order valence-electron chi connectivity index (χ0n) is 29.4. The molecule has 1 saturated heterocycles. The van der Waals surface area contributed by atoms with Gasteiger partial charge < -0.3 is 25.2 Å². The second kappa shape index (κ2) is 17.2. The number of nitrogens with zero attached hydrogens (tertiary/aromatic N) is 5. The van der Waals surface area contributed by atoms with Gasteiger partial charge in [0, 0.05) is 81.4 Å². The summed E-state index contributed by atoms with van der Waals surface area (Å²) in [6, 6.07) is 18.1.